The van der Waals surface area contributed by atoms with Crippen LogP contribution in [0.15, 0.2) is 35.0 Å². The molecule has 6 nitrogen and oxygen atoms in total. The minimum absolute atomic E-state index is 0.0905. The van der Waals surface area contributed by atoms with Crippen LogP contribution in [-0.2, 0) is 9.59 Å². The number of nitrogens with zero attached hydrogens (tertiary/aromatic N) is 3. The number of terminal acetylenes is 1. The predicted molar refractivity (Wildman–Crippen MR) is 95.4 cm³/mol. The van der Waals surface area contributed by atoms with Crippen molar-refractivity contribution in [1.82, 2.24) is 10.2 Å². The molecule has 124 valence electrons. The molecule has 1 aromatic carbocycles. The Morgan fingerprint density at radius 1 is 1.38 bits per heavy atom. The van der Waals surface area contributed by atoms with Gasteiger partial charge in [-0.3, -0.25) is 14.5 Å². The highest BCUT2D eigenvalue weighted by Crippen LogP contribution is 2.19. The third-order valence-electron chi connectivity index (χ3n) is 3.54. The molecule has 0 fully saturated rings. The second-order valence-corrected chi connectivity index (χ2v) is 5.55. The van der Waals surface area contributed by atoms with Crippen LogP contribution >= 0.6 is 0 Å². The highest BCUT2D eigenvalue weighted by molar-refractivity contribution is 6.15. The fourth-order valence-corrected chi connectivity index (χ4v) is 2.22. The molecule has 6 heteroatoms. The van der Waals surface area contributed by atoms with Crippen molar-refractivity contribution in [2.24, 2.45) is 4.99 Å². The minimum atomic E-state index is -0.313. The molecular formula is C18H20N4O2. The van der Waals surface area contributed by atoms with Gasteiger partial charge in [0.15, 0.2) is 0 Å². The number of hydrogen-bond acceptors (Lipinski definition) is 4. The first-order valence-electron chi connectivity index (χ1n) is 7.48. The zero-order chi connectivity index (χ0) is 17.7. The number of rotatable bonds is 5. The van der Waals surface area contributed by atoms with E-state index in [0.29, 0.717) is 11.5 Å². The first-order chi connectivity index (χ1) is 11.4. The zero-order valence-electron chi connectivity index (χ0n) is 14.0. The molecule has 0 aromatic heterocycles. The van der Waals surface area contributed by atoms with Gasteiger partial charge in [-0.05, 0) is 30.7 Å². The maximum Gasteiger partial charge on any atom is 0.278 e. The van der Waals surface area contributed by atoms with Crippen molar-refractivity contribution < 1.29 is 9.59 Å². The van der Waals surface area contributed by atoms with Gasteiger partial charge in [0.1, 0.15) is 18.1 Å². The molecule has 1 aliphatic rings. The number of carbonyl (C=O) groups is 2. The molecule has 0 spiro atoms. The fourth-order valence-electron chi connectivity index (χ4n) is 2.22. The summed E-state index contributed by atoms with van der Waals surface area (Å²) in [7, 11) is 3.93. The van der Waals surface area contributed by atoms with Crippen molar-refractivity contribution in [2.75, 3.05) is 32.1 Å². The smallest absolute Gasteiger partial charge is 0.278 e. The van der Waals surface area contributed by atoms with Gasteiger partial charge in [0, 0.05) is 19.8 Å². The Morgan fingerprint density at radius 2 is 2.04 bits per heavy atom. The number of amides is 2. The lowest BCUT2D eigenvalue weighted by Crippen LogP contribution is -2.40. The lowest BCUT2D eigenvalue weighted by atomic mass is 10.1. The molecule has 1 N–H and O–H groups in total. The molecule has 24 heavy (non-hydrogen) atoms. The molecule has 0 unspecified atom stereocenters. The number of anilines is 1. The minimum Gasteiger partial charge on any atom is -0.378 e. The molecule has 0 bridgehead atoms. The molecule has 1 aliphatic heterocycles. The van der Waals surface area contributed by atoms with Gasteiger partial charge in [-0.25, -0.2) is 4.99 Å². The van der Waals surface area contributed by atoms with Crippen LogP contribution in [0.3, 0.4) is 0 Å². The summed E-state index contributed by atoms with van der Waals surface area (Å²) in [5, 5.41) is 2.53. The van der Waals surface area contributed by atoms with Crippen LogP contribution < -0.4 is 10.2 Å². The number of nitrogens with one attached hydrogen (secondary N) is 1. The second-order valence-electron chi connectivity index (χ2n) is 5.55. The van der Waals surface area contributed by atoms with Gasteiger partial charge in [0.05, 0.1) is 6.54 Å². The van der Waals surface area contributed by atoms with Crippen LogP contribution in [-0.4, -0.2) is 49.7 Å². The molecule has 2 rings (SSSR count). The van der Waals surface area contributed by atoms with Gasteiger partial charge >= 0.3 is 0 Å². The Bertz CT molecular complexity index is 739. The van der Waals surface area contributed by atoms with E-state index in [1.807, 2.05) is 43.3 Å². The van der Waals surface area contributed by atoms with Crippen molar-refractivity contribution in [3.63, 3.8) is 0 Å². The molecule has 0 saturated heterocycles. The molecule has 1 aromatic rings. The molecule has 0 radical (unpaired) electrons. The van der Waals surface area contributed by atoms with E-state index >= 15 is 0 Å². The standard InChI is InChI=1S/C18H20N4O2/c1-5-10-19-17(23)12-22-13(2)20-16(18(22)24)11-14-6-8-15(9-7-14)21(3)4/h1,6-9,11H,10,12H2,2-4H3,(H,19,23)/b16-11+. The van der Waals surface area contributed by atoms with Crippen molar-refractivity contribution >= 4 is 29.4 Å². The van der Waals surface area contributed by atoms with Gasteiger partial charge in [-0.2, -0.15) is 0 Å². The fraction of sp³-hybridized carbons (Fsp3) is 0.278. The Kier molecular flexibility index (Phi) is 5.38. The maximum atomic E-state index is 12.4. The number of hydrogen-bond donors (Lipinski definition) is 1. The first-order valence-corrected chi connectivity index (χ1v) is 7.48. The number of carbonyl (C=O) groups excluding carboxylic acids is 2. The Labute approximate surface area is 141 Å². The number of benzene rings is 1. The van der Waals surface area contributed by atoms with Crippen molar-refractivity contribution in [3.8, 4) is 12.3 Å². The van der Waals surface area contributed by atoms with Crippen molar-refractivity contribution in [2.45, 2.75) is 6.92 Å². The molecule has 1 heterocycles. The summed E-state index contributed by atoms with van der Waals surface area (Å²) >= 11 is 0. The van der Waals surface area contributed by atoms with Crippen molar-refractivity contribution in [3.05, 3.63) is 35.5 Å². The van der Waals surface area contributed by atoms with Gasteiger partial charge in [0.25, 0.3) is 5.91 Å². The first kappa shape index (κ1) is 17.3. The molecule has 0 aliphatic carbocycles. The van der Waals surface area contributed by atoms with E-state index in [-0.39, 0.29) is 24.9 Å². The Morgan fingerprint density at radius 3 is 2.62 bits per heavy atom. The van der Waals surface area contributed by atoms with Crippen LogP contribution in [0, 0.1) is 12.3 Å². The lowest BCUT2D eigenvalue weighted by molar-refractivity contribution is -0.128. The van der Waals surface area contributed by atoms with E-state index in [1.165, 1.54) is 4.90 Å². The van der Waals surface area contributed by atoms with Crippen LogP contribution in [0.4, 0.5) is 5.69 Å². The quantitative estimate of drug-likeness (QED) is 0.652. The number of amidine groups is 1. The average molecular weight is 324 g/mol. The normalized spacial score (nSPS) is 15.2. The van der Waals surface area contributed by atoms with E-state index in [0.717, 1.165) is 11.3 Å². The summed E-state index contributed by atoms with van der Waals surface area (Å²) in [5.74, 6) is 2.21. The van der Waals surface area contributed by atoms with E-state index < -0.39 is 0 Å². The van der Waals surface area contributed by atoms with E-state index in [9.17, 15) is 9.59 Å². The highest BCUT2D eigenvalue weighted by atomic mass is 16.2. The van der Waals surface area contributed by atoms with Crippen LogP contribution in [0.5, 0.6) is 0 Å². The summed E-state index contributed by atoms with van der Waals surface area (Å²) in [6, 6.07) is 7.77. The van der Waals surface area contributed by atoms with Crippen LogP contribution in [0.1, 0.15) is 12.5 Å². The Balaban J connectivity index is 2.11. The summed E-state index contributed by atoms with van der Waals surface area (Å²) in [4.78, 5) is 31.8. The summed E-state index contributed by atoms with van der Waals surface area (Å²) in [6.07, 6.45) is 6.81. The second kappa shape index (κ2) is 7.47. The third kappa shape index (κ3) is 4.02. The molecule has 0 atom stereocenters. The third-order valence-corrected chi connectivity index (χ3v) is 3.54. The van der Waals surface area contributed by atoms with Gasteiger partial charge in [-0.15, -0.1) is 6.42 Å². The zero-order valence-corrected chi connectivity index (χ0v) is 14.0. The van der Waals surface area contributed by atoms with E-state index in [4.69, 9.17) is 6.42 Å². The van der Waals surface area contributed by atoms with Crippen LogP contribution in [0.25, 0.3) is 6.08 Å². The SMILES string of the molecule is C#CCNC(=O)CN1C(=O)/C(=C\c2ccc(N(C)C)cc2)N=C1C. The van der Waals surface area contributed by atoms with Gasteiger partial charge in [-0.1, -0.05) is 18.1 Å². The molecular weight excluding hydrogens is 304 g/mol. The van der Waals surface area contributed by atoms with Gasteiger partial charge < -0.3 is 10.2 Å². The highest BCUT2D eigenvalue weighted by Gasteiger charge is 2.28. The van der Waals surface area contributed by atoms with E-state index in [1.54, 1.807) is 13.0 Å². The van der Waals surface area contributed by atoms with Crippen LogP contribution in [0.2, 0.25) is 0 Å². The topological polar surface area (TPSA) is 65.0 Å². The monoisotopic (exact) mass is 324 g/mol. The predicted octanol–water partition coefficient (Wildman–Crippen LogP) is 1.10. The van der Waals surface area contributed by atoms with Gasteiger partial charge in [0.2, 0.25) is 5.91 Å². The maximum absolute atomic E-state index is 12.4. The summed E-state index contributed by atoms with van der Waals surface area (Å²) < 4.78 is 0. The lowest BCUT2D eigenvalue weighted by Gasteiger charge is -2.14. The largest absolute Gasteiger partial charge is 0.378 e. The average Bonchev–Trinajstić information content (AvgIpc) is 2.81. The number of aliphatic imine (C=N–C) groups is 1. The molecule has 0 saturated carbocycles. The Hall–Kier alpha value is -3.07. The van der Waals surface area contributed by atoms with E-state index in [2.05, 4.69) is 16.2 Å². The summed E-state index contributed by atoms with van der Waals surface area (Å²) in [5.41, 5.74) is 2.26. The van der Waals surface area contributed by atoms with Crippen molar-refractivity contribution in [1.29, 1.82) is 0 Å². The molecule has 2 amide bonds. The summed E-state index contributed by atoms with van der Waals surface area (Å²) in [6.45, 7) is 1.74.